The van der Waals surface area contributed by atoms with Crippen LogP contribution in [0.2, 0.25) is 0 Å². The van der Waals surface area contributed by atoms with E-state index in [2.05, 4.69) is 28.3 Å². The van der Waals surface area contributed by atoms with Gasteiger partial charge in [0.05, 0.1) is 17.8 Å². The second kappa shape index (κ2) is 12.8. The second-order valence-electron chi connectivity index (χ2n) is 7.52. The first-order chi connectivity index (χ1) is 16.7. The summed E-state index contributed by atoms with van der Waals surface area (Å²) >= 11 is 0. The number of benzene rings is 2. The minimum absolute atomic E-state index is 0.145. The monoisotopic (exact) mass is 456 g/mol. The average Bonchev–Trinajstić information content (AvgIpc) is 3.12. The molecule has 176 valence electrons. The number of hydrogen-bond acceptors (Lipinski definition) is 5. The lowest BCUT2D eigenvalue weighted by atomic mass is 10.1. The fourth-order valence-corrected chi connectivity index (χ4v) is 3.36. The Morgan fingerprint density at radius 2 is 1.76 bits per heavy atom. The SMILES string of the molecule is CC.N/N=C(\N)CC1=CC=CC(COc2cccc(OCc3ccc4ccccc4n3)c2)C=C1. The molecule has 1 aliphatic carbocycles. The van der Waals surface area contributed by atoms with Gasteiger partial charge in [0, 0.05) is 23.8 Å². The number of ether oxygens (including phenoxy) is 2. The molecule has 34 heavy (non-hydrogen) atoms. The molecule has 0 saturated carbocycles. The number of allylic oxidation sites excluding steroid dienone is 3. The molecule has 2 aromatic carbocycles. The molecule has 4 N–H and O–H groups in total. The molecule has 0 radical (unpaired) electrons. The summed E-state index contributed by atoms with van der Waals surface area (Å²) in [5.74, 6) is 7.26. The third-order valence-electron chi connectivity index (χ3n) is 5.07. The zero-order valence-corrected chi connectivity index (χ0v) is 19.7. The lowest BCUT2D eigenvalue weighted by Gasteiger charge is -2.12. The number of aromatic nitrogens is 1. The van der Waals surface area contributed by atoms with Gasteiger partial charge in [0.15, 0.2) is 0 Å². The normalized spacial score (nSPS) is 15.2. The maximum absolute atomic E-state index is 6.00. The molecule has 3 aromatic rings. The Morgan fingerprint density at radius 1 is 0.971 bits per heavy atom. The lowest BCUT2D eigenvalue weighted by Crippen LogP contribution is -2.14. The molecule has 4 rings (SSSR count). The number of fused-ring (bicyclic) bond motifs is 1. The number of para-hydroxylation sites is 1. The van der Waals surface area contributed by atoms with Crippen LogP contribution in [0, 0.1) is 5.92 Å². The van der Waals surface area contributed by atoms with Crippen LogP contribution in [0.25, 0.3) is 10.9 Å². The van der Waals surface area contributed by atoms with Crippen molar-refractivity contribution in [1.82, 2.24) is 4.98 Å². The number of nitrogens with two attached hydrogens (primary N) is 2. The van der Waals surface area contributed by atoms with E-state index >= 15 is 0 Å². The van der Waals surface area contributed by atoms with Crippen molar-refractivity contribution < 1.29 is 9.47 Å². The van der Waals surface area contributed by atoms with Crippen molar-refractivity contribution in [1.29, 1.82) is 0 Å². The van der Waals surface area contributed by atoms with E-state index in [1.54, 1.807) is 0 Å². The highest BCUT2D eigenvalue weighted by Gasteiger charge is 2.07. The fourth-order valence-electron chi connectivity index (χ4n) is 3.36. The third-order valence-corrected chi connectivity index (χ3v) is 5.07. The number of hydrogen-bond donors (Lipinski definition) is 2. The molecule has 1 aliphatic rings. The maximum Gasteiger partial charge on any atom is 0.130 e. The summed E-state index contributed by atoms with van der Waals surface area (Å²) in [6.45, 7) is 4.91. The Morgan fingerprint density at radius 3 is 2.59 bits per heavy atom. The van der Waals surface area contributed by atoms with Crippen LogP contribution < -0.4 is 21.1 Å². The van der Waals surface area contributed by atoms with Gasteiger partial charge in [-0.2, -0.15) is 5.10 Å². The van der Waals surface area contributed by atoms with Gasteiger partial charge in [0.2, 0.25) is 0 Å². The van der Waals surface area contributed by atoms with Gasteiger partial charge in [-0.1, -0.05) is 74.6 Å². The van der Waals surface area contributed by atoms with Crippen LogP contribution in [-0.2, 0) is 6.61 Å². The standard InChI is InChI=1S/C26H26N4O2.C2H6/c27-26(30-28)15-19-5-3-6-20(12-11-19)17-31-23-8-4-9-24(16-23)32-18-22-14-13-21-7-1-2-10-25(21)29-22;1-2/h1-14,16,20H,15,17-18,28H2,(H2,27,30);1-2H3. The van der Waals surface area contributed by atoms with E-state index < -0.39 is 0 Å². The van der Waals surface area contributed by atoms with Crippen molar-refractivity contribution in [2.24, 2.45) is 22.6 Å². The second-order valence-corrected chi connectivity index (χ2v) is 7.52. The minimum atomic E-state index is 0.145. The Hall–Kier alpha value is -4.06. The van der Waals surface area contributed by atoms with E-state index in [0.717, 1.165) is 33.7 Å². The lowest BCUT2D eigenvalue weighted by molar-refractivity contribution is 0.284. The van der Waals surface area contributed by atoms with Crippen molar-refractivity contribution in [3.8, 4) is 11.5 Å². The van der Waals surface area contributed by atoms with E-state index in [4.69, 9.17) is 21.1 Å². The van der Waals surface area contributed by atoms with Gasteiger partial charge in [-0.05, 0) is 29.8 Å². The summed E-state index contributed by atoms with van der Waals surface area (Å²) in [6.07, 6.45) is 10.7. The van der Waals surface area contributed by atoms with Crippen molar-refractivity contribution >= 4 is 16.7 Å². The van der Waals surface area contributed by atoms with E-state index in [-0.39, 0.29) is 5.92 Å². The highest BCUT2D eigenvalue weighted by molar-refractivity contribution is 5.83. The van der Waals surface area contributed by atoms with Crippen molar-refractivity contribution in [2.75, 3.05) is 6.61 Å². The summed E-state index contributed by atoms with van der Waals surface area (Å²) < 4.78 is 11.9. The quantitative estimate of drug-likeness (QED) is 0.202. The number of rotatable bonds is 8. The Bertz CT molecular complexity index is 1200. The van der Waals surface area contributed by atoms with Gasteiger partial charge in [-0.15, -0.1) is 0 Å². The topological polar surface area (TPSA) is 95.8 Å². The van der Waals surface area contributed by atoms with Gasteiger partial charge in [0.1, 0.15) is 23.9 Å². The van der Waals surface area contributed by atoms with Gasteiger partial charge in [-0.25, -0.2) is 4.98 Å². The van der Waals surface area contributed by atoms with Crippen LogP contribution in [0.4, 0.5) is 0 Å². The molecular weight excluding hydrogens is 424 g/mol. The van der Waals surface area contributed by atoms with E-state index in [9.17, 15) is 0 Å². The summed E-state index contributed by atoms with van der Waals surface area (Å²) in [5.41, 5.74) is 8.60. The van der Waals surface area contributed by atoms with E-state index in [1.165, 1.54) is 0 Å². The first-order valence-corrected chi connectivity index (χ1v) is 11.5. The Labute approximate surface area is 201 Å². The van der Waals surface area contributed by atoms with Gasteiger partial charge >= 0.3 is 0 Å². The minimum Gasteiger partial charge on any atom is -0.493 e. The smallest absolute Gasteiger partial charge is 0.130 e. The summed E-state index contributed by atoms with van der Waals surface area (Å²) in [4.78, 5) is 4.65. The van der Waals surface area contributed by atoms with Crippen LogP contribution in [0.15, 0.2) is 102 Å². The molecule has 1 atom stereocenters. The molecule has 1 aromatic heterocycles. The fraction of sp³-hybridized carbons (Fsp3) is 0.214. The molecule has 0 fully saturated rings. The highest BCUT2D eigenvalue weighted by Crippen LogP contribution is 2.22. The van der Waals surface area contributed by atoms with Crippen molar-refractivity contribution in [2.45, 2.75) is 26.9 Å². The number of nitrogens with zero attached hydrogens (tertiary/aromatic N) is 2. The first-order valence-electron chi connectivity index (χ1n) is 11.5. The first kappa shape index (κ1) is 24.6. The zero-order valence-electron chi connectivity index (χ0n) is 19.7. The van der Waals surface area contributed by atoms with Crippen LogP contribution in [-0.4, -0.2) is 17.4 Å². The van der Waals surface area contributed by atoms with Crippen LogP contribution in [0.3, 0.4) is 0 Å². The average molecular weight is 457 g/mol. The van der Waals surface area contributed by atoms with E-state index in [0.29, 0.717) is 25.5 Å². The summed E-state index contributed by atoms with van der Waals surface area (Å²) in [7, 11) is 0. The van der Waals surface area contributed by atoms with Crippen LogP contribution in [0.1, 0.15) is 26.0 Å². The molecule has 0 aliphatic heterocycles. The van der Waals surface area contributed by atoms with E-state index in [1.807, 2.05) is 86.7 Å². The Balaban J connectivity index is 0.00000158. The zero-order chi connectivity index (χ0) is 24.2. The number of pyridine rings is 1. The van der Waals surface area contributed by atoms with Crippen LogP contribution >= 0.6 is 0 Å². The molecule has 0 bridgehead atoms. The predicted octanol–water partition coefficient (Wildman–Crippen LogP) is 5.51. The molecule has 0 spiro atoms. The number of amidine groups is 1. The summed E-state index contributed by atoms with van der Waals surface area (Å²) in [5, 5.41) is 4.64. The van der Waals surface area contributed by atoms with Crippen LogP contribution in [0.5, 0.6) is 11.5 Å². The largest absolute Gasteiger partial charge is 0.493 e. The predicted molar refractivity (Wildman–Crippen MR) is 140 cm³/mol. The van der Waals surface area contributed by atoms with Crippen molar-refractivity contribution in [3.63, 3.8) is 0 Å². The molecule has 1 heterocycles. The van der Waals surface area contributed by atoms with Gasteiger partial charge in [-0.3, -0.25) is 0 Å². The third kappa shape index (κ3) is 7.24. The number of hydrazone groups is 1. The highest BCUT2D eigenvalue weighted by atomic mass is 16.5. The molecule has 1 unspecified atom stereocenters. The maximum atomic E-state index is 6.00. The van der Waals surface area contributed by atoms with Gasteiger partial charge < -0.3 is 21.1 Å². The summed E-state index contributed by atoms with van der Waals surface area (Å²) in [6, 6.07) is 19.8. The molecule has 6 nitrogen and oxygen atoms in total. The van der Waals surface area contributed by atoms with Gasteiger partial charge in [0.25, 0.3) is 0 Å². The molecular formula is C28H32N4O2. The Kier molecular flexibility index (Phi) is 9.29. The molecule has 0 saturated heterocycles. The molecule has 6 heteroatoms. The van der Waals surface area contributed by atoms with Crippen molar-refractivity contribution in [3.05, 3.63) is 102 Å². The molecule has 0 amide bonds.